The van der Waals surface area contributed by atoms with Crippen LogP contribution in [-0.4, -0.2) is 16.0 Å². The number of carbonyl (C=O) groups is 1. The molecule has 2 aromatic carbocycles. The minimum Gasteiger partial charge on any atom is -0.488 e. The van der Waals surface area contributed by atoms with E-state index in [-0.39, 0.29) is 5.91 Å². The topological polar surface area (TPSA) is 77.2 Å². The van der Waals surface area contributed by atoms with E-state index in [9.17, 15) is 4.79 Å². The van der Waals surface area contributed by atoms with E-state index in [2.05, 4.69) is 15.5 Å². The maximum Gasteiger partial charge on any atom is 0.255 e. The molecular weight excluding hydrogens is 374 g/mol. The van der Waals surface area contributed by atoms with Gasteiger partial charge in [0.05, 0.1) is 33.6 Å². The van der Waals surface area contributed by atoms with Gasteiger partial charge in [0.1, 0.15) is 23.1 Å². The number of para-hydroxylation sites is 2. The summed E-state index contributed by atoms with van der Waals surface area (Å²) in [6, 6.07) is 15.1. The SMILES string of the molecule is Cc1noc(C)c1COc1ccccc1C(=O)NCc1nc2ccccc2s1. The molecule has 0 aliphatic rings. The molecule has 0 spiro atoms. The predicted octanol–water partition coefficient (Wildman–Crippen LogP) is 4.41. The molecule has 6 nitrogen and oxygen atoms in total. The molecular formula is C21H19N3O3S. The Morgan fingerprint density at radius 3 is 2.71 bits per heavy atom. The van der Waals surface area contributed by atoms with Crippen molar-refractivity contribution in [3.05, 3.63) is 76.1 Å². The number of nitrogens with one attached hydrogen (secondary N) is 1. The summed E-state index contributed by atoms with van der Waals surface area (Å²) in [6.07, 6.45) is 0. The fraction of sp³-hybridized carbons (Fsp3) is 0.190. The van der Waals surface area contributed by atoms with E-state index in [0.717, 1.165) is 32.2 Å². The van der Waals surface area contributed by atoms with Gasteiger partial charge in [0, 0.05) is 0 Å². The minimum absolute atomic E-state index is 0.200. The normalized spacial score (nSPS) is 10.9. The largest absolute Gasteiger partial charge is 0.488 e. The van der Waals surface area contributed by atoms with Crippen LogP contribution in [0.1, 0.15) is 32.4 Å². The fourth-order valence-corrected chi connectivity index (χ4v) is 3.79. The summed E-state index contributed by atoms with van der Waals surface area (Å²) in [5, 5.41) is 7.72. The summed E-state index contributed by atoms with van der Waals surface area (Å²) in [5.74, 6) is 1.04. The highest BCUT2D eigenvalue weighted by Crippen LogP contribution is 2.23. The lowest BCUT2D eigenvalue weighted by Gasteiger charge is -2.11. The van der Waals surface area contributed by atoms with E-state index in [4.69, 9.17) is 9.26 Å². The summed E-state index contributed by atoms with van der Waals surface area (Å²) in [7, 11) is 0. The molecule has 7 heteroatoms. The molecule has 1 N–H and O–H groups in total. The van der Waals surface area contributed by atoms with Crippen molar-refractivity contribution in [3.8, 4) is 5.75 Å². The van der Waals surface area contributed by atoms with Gasteiger partial charge in [0.25, 0.3) is 5.91 Å². The van der Waals surface area contributed by atoms with E-state index in [0.29, 0.717) is 24.5 Å². The van der Waals surface area contributed by atoms with Gasteiger partial charge in [-0.05, 0) is 38.1 Å². The highest BCUT2D eigenvalue weighted by molar-refractivity contribution is 7.18. The summed E-state index contributed by atoms with van der Waals surface area (Å²) in [5.41, 5.74) is 3.11. The highest BCUT2D eigenvalue weighted by Gasteiger charge is 2.15. The second-order valence-corrected chi connectivity index (χ2v) is 7.46. The monoisotopic (exact) mass is 393 g/mol. The zero-order valence-electron chi connectivity index (χ0n) is 15.6. The first kappa shape index (κ1) is 18.2. The highest BCUT2D eigenvalue weighted by atomic mass is 32.1. The number of rotatable bonds is 6. The first-order chi connectivity index (χ1) is 13.6. The number of fused-ring (bicyclic) bond motifs is 1. The van der Waals surface area contributed by atoms with Crippen molar-refractivity contribution in [1.82, 2.24) is 15.5 Å². The first-order valence-corrected chi connectivity index (χ1v) is 9.69. The Hall–Kier alpha value is -3.19. The van der Waals surface area contributed by atoms with Crippen LogP contribution in [0.15, 0.2) is 53.1 Å². The smallest absolute Gasteiger partial charge is 0.255 e. The lowest BCUT2D eigenvalue weighted by atomic mass is 10.2. The zero-order chi connectivity index (χ0) is 19.5. The van der Waals surface area contributed by atoms with Crippen molar-refractivity contribution in [3.63, 3.8) is 0 Å². The Balaban J connectivity index is 1.45. The van der Waals surface area contributed by atoms with E-state index < -0.39 is 0 Å². The van der Waals surface area contributed by atoms with Gasteiger partial charge in [-0.2, -0.15) is 0 Å². The van der Waals surface area contributed by atoms with Crippen LogP contribution in [-0.2, 0) is 13.2 Å². The number of amides is 1. The lowest BCUT2D eigenvalue weighted by Crippen LogP contribution is -2.23. The molecule has 2 aromatic heterocycles. The van der Waals surface area contributed by atoms with Crippen LogP contribution in [0.3, 0.4) is 0 Å². The number of hydrogen-bond donors (Lipinski definition) is 1. The van der Waals surface area contributed by atoms with Crippen molar-refractivity contribution in [2.75, 3.05) is 0 Å². The maximum atomic E-state index is 12.7. The number of benzene rings is 2. The summed E-state index contributed by atoms with van der Waals surface area (Å²) < 4.78 is 12.2. The van der Waals surface area contributed by atoms with Crippen molar-refractivity contribution < 1.29 is 14.1 Å². The zero-order valence-corrected chi connectivity index (χ0v) is 16.4. The van der Waals surface area contributed by atoms with Gasteiger partial charge < -0.3 is 14.6 Å². The Bertz CT molecular complexity index is 1080. The molecule has 28 heavy (non-hydrogen) atoms. The van der Waals surface area contributed by atoms with Gasteiger partial charge in [-0.25, -0.2) is 4.98 Å². The second kappa shape index (κ2) is 7.82. The summed E-state index contributed by atoms with van der Waals surface area (Å²) in [6.45, 7) is 4.38. The molecule has 142 valence electrons. The van der Waals surface area contributed by atoms with E-state index in [1.54, 1.807) is 23.5 Å². The number of aromatic nitrogens is 2. The van der Waals surface area contributed by atoms with Crippen LogP contribution in [0.4, 0.5) is 0 Å². The van der Waals surface area contributed by atoms with Gasteiger partial charge in [-0.1, -0.05) is 29.4 Å². The van der Waals surface area contributed by atoms with E-state index >= 15 is 0 Å². The third kappa shape index (κ3) is 3.75. The van der Waals surface area contributed by atoms with Crippen LogP contribution in [0.25, 0.3) is 10.2 Å². The van der Waals surface area contributed by atoms with E-state index in [1.807, 2.05) is 50.2 Å². The third-order valence-corrected chi connectivity index (χ3v) is 5.46. The number of hydrogen-bond acceptors (Lipinski definition) is 6. The Labute approximate surface area is 166 Å². The van der Waals surface area contributed by atoms with Crippen LogP contribution < -0.4 is 10.1 Å². The average molecular weight is 393 g/mol. The molecule has 0 saturated heterocycles. The number of nitrogens with zero attached hydrogens (tertiary/aromatic N) is 2. The quantitative estimate of drug-likeness (QED) is 0.525. The lowest BCUT2D eigenvalue weighted by molar-refractivity contribution is 0.0946. The van der Waals surface area contributed by atoms with Gasteiger partial charge in [0.15, 0.2) is 0 Å². The summed E-state index contributed by atoms with van der Waals surface area (Å²) in [4.78, 5) is 17.2. The molecule has 0 atom stereocenters. The average Bonchev–Trinajstić information content (AvgIpc) is 3.27. The molecule has 0 aliphatic carbocycles. The third-order valence-electron chi connectivity index (χ3n) is 4.42. The molecule has 0 bridgehead atoms. The first-order valence-electron chi connectivity index (χ1n) is 8.88. The molecule has 0 fully saturated rings. The molecule has 4 aromatic rings. The molecule has 0 unspecified atom stereocenters. The minimum atomic E-state index is -0.200. The van der Waals surface area contributed by atoms with Crippen LogP contribution in [0.2, 0.25) is 0 Å². The maximum absolute atomic E-state index is 12.7. The van der Waals surface area contributed by atoms with Gasteiger partial charge >= 0.3 is 0 Å². The van der Waals surface area contributed by atoms with Crippen molar-refractivity contribution >= 4 is 27.5 Å². The van der Waals surface area contributed by atoms with Crippen LogP contribution in [0, 0.1) is 13.8 Å². The molecule has 0 aliphatic heterocycles. The molecule has 0 radical (unpaired) electrons. The predicted molar refractivity (Wildman–Crippen MR) is 108 cm³/mol. The van der Waals surface area contributed by atoms with Crippen LogP contribution >= 0.6 is 11.3 Å². The molecule has 4 rings (SSSR count). The van der Waals surface area contributed by atoms with Crippen molar-refractivity contribution in [2.24, 2.45) is 0 Å². The Morgan fingerprint density at radius 1 is 1.14 bits per heavy atom. The number of thiazole rings is 1. The molecule has 1 amide bonds. The number of carbonyl (C=O) groups excluding carboxylic acids is 1. The molecule has 2 heterocycles. The van der Waals surface area contributed by atoms with Crippen molar-refractivity contribution in [2.45, 2.75) is 27.0 Å². The van der Waals surface area contributed by atoms with Gasteiger partial charge in [-0.3, -0.25) is 4.79 Å². The summed E-state index contributed by atoms with van der Waals surface area (Å²) >= 11 is 1.58. The molecule has 0 saturated carbocycles. The van der Waals surface area contributed by atoms with Crippen LogP contribution in [0.5, 0.6) is 5.75 Å². The second-order valence-electron chi connectivity index (χ2n) is 6.35. The van der Waals surface area contributed by atoms with Crippen molar-refractivity contribution in [1.29, 1.82) is 0 Å². The fourth-order valence-electron chi connectivity index (χ4n) is 2.88. The number of aryl methyl sites for hydroxylation is 2. The van der Waals surface area contributed by atoms with E-state index in [1.165, 1.54) is 0 Å². The van der Waals surface area contributed by atoms with Gasteiger partial charge in [-0.15, -0.1) is 11.3 Å². The standard InChI is InChI=1S/C21H19N3O3S/c1-13-16(14(2)27-24-13)12-26-18-9-5-3-7-15(18)21(25)22-11-20-23-17-8-4-6-10-19(17)28-20/h3-10H,11-12H2,1-2H3,(H,22,25). The Kier molecular flexibility index (Phi) is 5.08. The van der Waals surface area contributed by atoms with Gasteiger partial charge in [0.2, 0.25) is 0 Å². The number of ether oxygens (including phenoxy) is 1. The Morgan fingerprint density at radius 2 is 1.93 bits per heavy atom.